The molecule has 6 aromatic rings. The molecule has 2 aromatic heterocycles. The summed E-state index contributed by atoms with van der Waals surface area (Å²) in [5.41, 5.74) is 6.45. The lowest BCUT2D eigenvalue weighted by molar-refractivity contribution is -0.844. The van der Waals surface area contributed by atoms with Gasteiger partial charge in [-0.05, 0) is 35.4 Å². The van der Waals surface area contributed by atoms with E-state index in [4.69, 9.17) is 40.3 Å². The summed E-state index contributed by atoms with van der Waals surface area (Å²) in [4.78, 5) is 28.1. The fourth-order valence-corrected chi connectivity index (χ4v) is 4.79. The molecule has 0 aliphatic heterocycles. The molecular weight excluding hydrogens is 520 g/mol. The Morgan fingerprint density at radius 1 is 0.525 bits per heavy atom. The van der Waals surface area contributed by atoms with Crippen molar-refractivity contribution in [3.05, 3.63) is 128 Å². The van der Waals surface area contributed by atoms with E-state index in [1.807, 2.05) is 21.6 Å². The van der Waals surface area contributed by atoms with Crippen LogP contribution in [-0.2, 0) is 0 Å². The first kappa shape index (κ1) is 27.3. The SMILES string of the molecule is CO[n+]1c2ccccc2cc2c(-c3cccc4c3cc3ccccc3[n+]4OC)cccc21.O=[N+]([O-])[O-].O=[N+]([O-])[O-]. The van der Waals surface area contributed by atoms with Gasteiger partial charge >= 0.3 is 0 Å². The summed E-state index contributed by atoms with van der Waals surface area (Å²) in [7, 11) is 3.42. The summed E-state index contributed by atoms with van der Waals surface area (Å²) in [6, 6.07) is 33.8. The van der Waals surface area contributed by atoms with Gasteiger partial charge in [0, 0.05) is 33.7 Å². The third kappa shape index (κ3) is 5.41. The molecule has 2 heterocycles. The highest BCUT2D eigenvalue weighted by atomic mass is 16.9. The Hall–Kier alpha value is -5.78. The van der Waals surface area contributed by atoms with Crippen LogP contribution in [0, 0.1) is 30.6 Å². The van der Waals surface area contributed by atoms with Crippen molar-refractivity contribution in [2.45, 2.75) is 0 Å². The van der Waals surface area contributed by atoms with Crippen LogP contribution < -0.4 is 19.1 Å². The quantitative estimate of drug-likeness (QED) is 0.139. The summed E-state index contributed by atoms with van der Waals surface area (Å²) in [6.45, 7) is 0. The molecular formula is C28H22N4O8. The van der Waals surface area contributed by atoms with Gasteiger partial charge in [0.1, 0.15) is 14.2 Å². The highest BCUT2D eigenvalue weighted by Crippen LogP contribution is 2.34. The van der Waals surface area contributed by atoms with Crippen molar-refractivity contribution in [1.82, 2.24) is 0 Å². The van der Waals surface area contributed by atoms with E-state index in [1.54, 1.807) is 14.2 Å². The molecule has 6 rings (SSSR count). The summed E-state index contributed by atoms with van der Waals surface area (Å²) in [5, 5.41) is 34.0. The zero-order valence-corrected chi connectivity index (χ0v) is 21.3. The monoisotopic (exact) mass is 542 g/mol. The van der Waals surface area contributed by atoms with Crippen LogP contribution in [0.3, 0.4) is 0 Å². The predicted molar refractivity (Wildman–Crippen MR) is 148 cm³/mol. The van der Waals surface area contributed by atoms with Crippen molar-refractivity contribution in [2.24, 2.45) is 0 Å². The first-order valence-corrected chi connectivity index (χ1v) is 11.7. The minimum absolute atomic E-state index is 1.03. The Morgan fingerprint density at radius 2 is 0.850 bits per heavy atom. The maximum absolute atomic E-state index is 8.25. The number of nitrogens with zero attached hydrogens (tertiary/aromatic N) is 4. The van der Waals surface area contributed by atoms with Gasteiger partial charge in [-0.2, -0.15) is 0 Å². The molecule has 40 heavy (non-hydrogen) atoms. The normalized spacial score (nSPS) is 10.3. The standard InChI is InChI=1S/C28H22N2O2.2NO3/c1-31-29-25-13-5-3-9-19(25)17-23-21(11-7-15-27(23)29)22-12-8-16-28-24(22)18-20-10-4-6-14-26(20)30(28)32-2;2*2-1(3)4/h3-18H,1-2H3;;/q+2;2*-1. The van der Waals surface area contributed by atoms with Crippen LogP contribution in [0.1, 0.15) is 0 Å². The number of hydrogen-bond donors (Lipinski definition) is 0. The average Bonchev–Trinajstić information content (AvgIpc) is 2.93. The zero-order valence-electron chi connectivity index (χ0n) is 21.3. The van der Waals surface area contributed by atoms with E-state index in [9.17, 15) is 0 Å². The molecule has 0 atom stereocenters. The topological polar surface area (TPSA) is 159 Å². The van der Waals surface area contributed by atoms with Gasteiger partial charge in [-0.3, -0.25) is 9.68 Å². The van der Waals surface area contributed by atoms with Crippen molar-refractivity contribution in [3.63, 3.8) is 0 Å². The van der Waals surface area contributed by atoms with Crippen LogP contribution in [-0.4, -0.2) is 24.4 Å². The average molecular weight is 543 g/mol. The van der Waals surface area contributed by atoms with Crippen molar-refractivity contribution in [3.8, 4) is 11.1 Å². The van der Waals surface area contributed by atoms with Gasteiger partial charge in [-0.15, -0.1) is 0 Å². The highest BCUT2D eigenvalue weighted by molar-refractivity contribution is 6.06. The molecule has 0 aliphatic rings. The summed E-state index contributed by atoms with van der Waals surface area (Å²) >= 11 is 0. The smallest absolute Gasteiger partial charge is 0.266 e. The maximum Gasteiger partial charge on any atom is 0.266 e. The Bertz CT molecular complexity index is 1730. The van der Waals surface area contributed by atoms with E-state index in [0.29, 0.717) is 0 Å². The van der Waals surface area contributed by atoms with Crippen LogP contribution in [0.25, 0.3) is 54.7 Å². The van der Waals surface area contributed by atoms with Crippen molar-refractivity contribution in [1.29, 1.82) is 0 Å². The first-order valence-electron chi connectivity index (χ1n) is 11.7. The minimum atomic E-state index is -1.75. The second-order valence-corrected chi connectivity index (χ2v) is 8.28. The number of hydrogen-bond acceptors (Lipinski definition) is 8. The molecule has 0 bridgehead atoms. The molecule has 0 N–H and O–H groups in total. The second kappa shape index (κ2) is 11.7. The van der Waals surface area contributed by atoms with E-state index in [-0.39, 0.29) is 0 Å². The highest BCUT2D eigenvalue weighted by Gasteiger charge is 2.23. The largest absolute Gasteiger partial charge is 0.356 e. The van der Waals surface area contributed by atoms with Gasteiger partial charge in [0.2, 0.25) is 0 Å². The fraction of sp³-hybridized carbons (Fsp3) is 0.0714. The number of aromatic nitrogens is 2. The number of pyridine rings is 2. The van der Waals surface area contributed by atoms with Crippen LogP contribution >= 0.6 is 0 Å². The molecule has 0 aliphatic carbocycles. The second-order valence-electron chi connectivity index (χ2n) is 8.28. The predicted octanol–water partition coefficient (Wildman–Crippen LogP) is 4.18. The Balaban J connectivity index is 0.000000412. The van der Waals surface area contributed by atoms with Crippen LogP contribution in [0.5, 0.6) is 0 Å². The number of para-hydroxylation sites is 2. The first-order chi connectivity index (χ1) is 19.3. The van der Waals surface area contributed by atoms with Gasteiger partial charge in [0.25, 0.3) is 22.1 Å². The molecule has 0 spiro atoms. The Morgan fingerprint density at radius 3 is 1.20 bits per heavy atom. The van der Waals surface area contributed by atoms with Gasteiger partial charge in [0.15, 0.2) is 0 Å². The molecule has 0 saturated carbocycles. The molecule has 12 nitrogen and oxygen atoms in total. The number of rotatable bonds is 3. The lowest BCUT2D eigenvalue weighted by Gasteiger charge is -2.10. The summed E-state index contributed by atoms with van der Waals surface area (Å²) in [5.74, 6) is 0. The Kier molecular flexibility index (Phi) is 7.99. The molecule has 0 fully saturated rings. The summed E-state index contributed by atoms with van der Waals surface area (Å²) in [6.07, 6.45) is 0. The van der Waals surface area contributed by atoms with Gasteiger partial charge in [-0.1, -0.05) is 48.5 Å². The molecule has 12 heteroatoms. The summed E-state index contributed by atoms with van der Waals surface area (Å²) < 4.78 is 3.81. The van der Waals surface area contributed by atoms with Crippen LogP contribution in [0.2, 0.25) is 0 Å². The maximum atomic E-state index is 8.25. The van der Waals surface area contributed by atoms with E-state index in [0.717, 1.165) is 54.7 Å². The van der Waals surface area contributed by atoms with Gasteiger partial charge in [-0.25, -0.2) is 0 Å². The molecule has 0 unspecified atom stereocenters. The fourth-order valence-electron chi connectivity index (χ4n) is 4.79. The van der Waals surface area contributed by atoms with E-state index >= 15 is 0 Å². The lowest BCUT2D eigenvalue weighted by atomic mass is 9.95. The van der Waals surface area contributed by atoms with E-state index in [1.165, 1.54) is 0 Å². The van der Waals surface area contributed by atoms with Gasteiger partial charge < -0.3 is 30.6 Å². The van der Waals surface area contributed by atoms with Gasteiger partial charge in [0.05, 0.1) is 31.7 Å². The minimum Gasteiger partial charge on any atom is -0.356 e. The van der Waals surface area contributed by atoms with Crippen molar-refractivity contribution >= 4 is 43.6 Å². The molecule has 4 aromatic carbocycles. The Labute approximate surface area is 226 Å². The van der Waals surface area contributed by atoms with Crippen molar-refractivity contribution < 1.29 is 29.3 Å². The molecule has 202 valence electrons. The molecule has 0 saturated heterocycles. The molecule has 0 amide bonds. The third-order valence-corrected chi connectivity index (χ3v) is 6.17. The number of fused-ring (bicyclic) bond motifs is 4. The van der Waals surface area contributed by atoms with Crippen molar-refractivity contribution in [2.75, 3.05) is 14.2 Å². The third-order valence-electron chi connectivity index (χ3n) is 6.17. The zero-order chi connectivity index (χ0) is 28.8. The van der Waals surface area contributed by atoms with E-state index in [2.05, 4.69) is 84.9 Å². The van der Waals surface area contributed by atoms with Crippen LogP contribution in [0.4, 0.5) is 0 Å². The number of benzene rings is 4. The van der Waals surface area contributed by atoms with Crippen LogP contribution in [0.15, 0.2) is 97.1 Å². The van der Waals surface area contributed by atoms with E-state index < -0.39 is 10.2 Å². The lowest BCUT2D eigenvalue weighted by Crippen LogP contribution is -2.42. The molecule has 0 radical (unpaired) electrons.